The van der Waals surface area contributed by atoms with Gasteiger partial charge in [-0.25, -0.2) is 9.59 Å². The van der Waals surface area contributed by atoms with Crippen LogP contribution in [0.3, 0.4) is 0 Å². The summed E-state index contributed by atoms with van der Waals surface area (Å²) in [5, 5.41) is 1.59. The van der Waals surface area contributed by atoms with Gasteiger partial charge in [0.25, 0.3) is 0 Å². The molecule has 8 rings (SSSR count). The number of rotatable bonds is 18. The molecular weight excluding hydrogens is 1030 g/mol. The molecule has 0 N–H and O–H groups in total. The molecule has 14 nitrogen and oxygen atoms in total. The van der Waals surface area contributed by atoms with Crippen molar-refractivity contribution >= 4 is 45.8 Å². The van der Waals surface area contributed by atoms with Crippen molar-refractivity contribution in [2.24, 2.45) is 27.7 Å². The summed E-state index contributed by atoms with van der Waals surface area (Å²) < 4.78 is 90.5. The Kier molecular flexibility index (Phi) is 20.8. The Balaban J connectivity index is 0.000000225. The minimum Gasteiger partial charge on any atom is -0.497 e. The lowest BCUT2D eigenvalue weighted by molar-refractivity contribution is -0.241. The van der Waals surface area contributed by atoms with Crippen molar-refractivity contribution in [2.75, 3.05) is 49.0 Å². The van der Waals surface area contributed by atoms with Crippen molar-refractivity contribution in [2.45, 2.75) is 126 Å². The molecule has 0 amide bonds. The van der Waals surface area contributed by atoms with Crippen molar-refractivity contribution in [3.63, 3.8) is 0 Å². The molecule has 0 spiro atoms. The Hall–Kier alpha value is -5.31. The van der Waals surface area contributed by atoms with E-state index in [-0.39, 0.29) is 49.0 Å². The SMILES string of the molecule is CCOC(=O)C(=O)OC(C)(CCc1ccc(OC)cc1)[C@H]1O[C@@H]2SC(N(C)C)=N[C@@H]2[C@@H](OCc2ccccc2)[C@@H]1C.COc1ccc(CCC([C@H]2O[C@@H]3SC(N(C)C)=N[C@@H]3[C@@H](OCc3ccccc3)[C@@H]2C)C(F)(F)F)cc1. The summed E-state index contributed by atoms with van der Waals surface area (Å²) in [6.45, 7) is 8.11. The first kappa shape index (κ1) is 59.4. The number of aliphatic imine (C=N–C) groups is 2. The Morgan fingerprint density at radius 3 is 1.57 bits per heavy atom. The number of hydrogen-bond acceptors (Lipinski definition) is 16. The number of ether oxygens (including phenoxy) is 8. The Morgan fingerprint density at radius 2 is 1.12 bits per heavy atom. The first-order valence-electron chi connectivity index (χ1n) is 26.0. The molecule has 418 valence electrons. The van der Waals surface area contributed by atoms with Crippen LogP contribution in [0.25, 0.3) is 0 Å². The van der Waals surface area contributed by atoms with Gasteiger partial charge in [-0.3, -0.25) is 9.98 Å². The van der Waals surface area contributed by atoms with E-state index < -0.39 is 59.3 Å². The van der Waals surface area contributed by atoms with E-state index in [2.05, 4.69) is 0 Å². The summed E-state index contributed by atoms with van der Waals surface area (Å²) >= 11 is 2.90. The third-order valence-corrected chi connectivity index (χ3v) is 16.9. The number of methoxy groups -OCH3 is 2. The molecule has 2 fully saturated rings. The Bertz CT molecular complexity index is 2580. The van der Waals surface area contributed by atoms with E-state index in [0.717, 1.165) is 38.3 Å². The predicted octanol–water partition coefficient (Wildman–Crippen LogP) is 10.3. The van der Waals surface area contributed by atoms with E-state index in [9.17, 15) is 22.8 Å². The summed E-state index contributed by atoms with van der Waals surface area (Å²) in [5.74, 6) is -2.96. The number of carbonyl (C=O) groups is 2. The maximum atomic E-state index is 14.4. The van der Waals surface area contributed by atoms with Gasteiger partial charge >= 0.3 is 18.1 Å². The summed E-state index contributed by atoms with van der Waals surface area (Å²) in [6, 6.07) is 33.9. The van der Waals surface area contributed by atoms with Crippen molar-refractivity contribution in [3.8, 4) is 11.5 Å². The second-order valence-electron chi connectivity index (χ2n) is 20.3. The number of benzene rings is 4. The minimum absolute atomic E-state index is 0.0698. The lowest BCUT2D eigenvalue weighted by Crippen LogP contribution is -2.60. The Morgan fingerprint density at radius 1 is 0.649 bits per heavy atom. The standard InChI is InChI=1S/C31H40N2O7S.C27H33F3N2O3S/c1-7-37-27(34)28(35)40-31(3,18-17-21-13-15-23(36-6)16-14-21)26-20(2)25(38-19-22-11-9-8-10-12-22)24-29(39-26)41-30(32-24)33(4)5;1-17-23(21(27(28,29)30)15-12-18-10-13-20(33-4)14-11-18)35-25-22(31-26(36-25)32(2)3)24(17)34-16-19-8-6-5-7-9-19/h8-16,20,24-26,29H,7,17-19H2,1-6H3;5-11,13-14,17,21-25H,12,15-16H2,1-4H3/t20-,24+,25-,26-,29+,31?;17-,21?,22-,23+,24+,25-/m01/s1. The van der Waals surface area contributed by atoms with Crippen LogP contribution < -0.4 is 9.47 Å². The van der Waals surface area contributed by atoms with Crippen LogP contribution in [0.4, 0.5) is 13.2 Å². The number of amidine groups is 2. The number of carbonyl (C=O) groups excluding carboxylic acids is 2. The van der Waals surface area contributed by atoms with Crippen LogP contribution in [0.15, 0.2) is 119 Å². The van der Waals surface area contributed by atoms with E-state index in [1.165, 1.54) is 23.5 Å². The average molecular weight is 1110 g/mol. The molecular formula is C58H73F3N4O10S2. The highest BCUT2D eigenvalue weighted by molar-refractivity contribution is 8.14. The van der Waals surface area contributed by atoms with E-state index in [4.69, 9.17) is 47.9 Å². The monoisotopic (exact) mass is 1110 g/mol. The number of alkyl halides is 3. The van der Waals surface area contributed by atoms with Gasteiger partial charge < -0.3 is 47.7 Å². The van der Waals surface area contributed by atoms with E-state index in [1.54, 1.807) is 40.2 Å². The summed E-state index contributed by atoms with van der Waals surface area (Å²) in [5.41, 5.74) is 1.87. The Labute approximate surface area is 459 Å². The van der Waals surface area contributed by atoms with Crippen LogP contribution in [0.1, 0.15) is 62.8 Å². The quantitative estimate of drug-likeness (QED) is 0.0690. The van der Waals surface area contributed by atoms with Crippen LogP contribution in [-0.4, -0.2) is 140 Å². The molecule has 0 bridgehead atoms. The normalized spacial score (nSPS) is 25.8. The second kappa shape index (κ2) is 27.0. The highest BCUT2D eigenvalue weighted by Gasteiger charge is 2.57. The van der Waals surface area contributed by atoms with Crippen molar-refractivity contribution < 1.29 is 60.7 Å². The lowest BCUT2D eigenvalue weighted by Gasteiger charge is -2.48. The molecule has 77 heavy (non-hydrogen) atoms. The molecule has 4 aliphatic heterocycles. The zero-order valence-corrected chi connectivity index (χ0v) is 47.1. The fourth-order valence-electron chi connectivity index (χ4n) is 10.1. The first-order valence-corrected chi connectivity index (χ1v) is 27.8. The first-order chi connectivity index (χ1) is 36.8. The van der Waals surface area contributed by atoms with E-state index >= 15 is 0 Å². The molecule has 4 aliphatic rings. The number of hydrogen-bond donors (Lipinski definition) is 0. The second-order valence-corrected chi connectivity index (χ2v) is 22.4. The molecule has 4 aromatic rings. The molecule has 4 heterocycles. The highest BCUT2D eigenvalue weighted by Crippen LogP contribution is 2.48. The number of esters is 2. The third kappa shape index (κ3) is 15.3. The number of thioether (sulfide) groups is 2. The fraction of sp³-hybridized carbons (Fsp3) is 0.517. The summed E-state index contributed by atoms with van der Waals surface area (Å²) in [6.07, 6.45) is -5.61. The maximum Gasteiger partial charge on any atom is 0.418 e. The predicted molar refractivity (Wildman–Crippen MR) is 294 cm³/mol. The molecule has 12 atom stereocenters. The minimum atomic E-state index is -4.41. The number of aryl methyl sites for hydroxylation is 2. The van der Waals surface area contributed by atoms with Crippen LogP contribution >= 0.6 is 23.5 Å². The smallest absolute Gasteiger partial charge is 0.418 e. The average Bonchev–Trinajstić information content (AvgIpc) is 4.11. The molecule has 0 saturated carbocycles. The van der Waals surface area contributed by atoms with Crippen LogP contribution in [0.5, 0.6) is 11.5 Å². The summed E-state index contributed by atoms with van der Waals surface area (Å²) in [4.78, 5) is 38.8. The highest BCUT2D eigenvalue weighted by atomic mass is 32.2. The van der Waals surface area contributed by atoms with Crippen molar-refractivity contribution in [1.29, 1.82) is 0 Å². The molecule has 2 unspecified atom stereocenters. The molecule has 4 aromatic carbocycles. The van der Waals surface area contributed by atoms with Gasteiger partial charge in [-0.1, -0.05) is 122 Å². The van der Waals surface area contributed by atoms with Gasteiger partial charge in [-0.15, -0.1) is 0 Å². The summed E-state index contributed by atoms with van der Waals surface area (Å²) in [7, 11) is 10.8. The van der Waals surface area contributed by atoms with Gasteiger partial charge in [0.1, 0.15) is 46.2 Å². The number of nitrogens with zero attached hydrogens (tertiary/aromatic N) is 4. The number of fused-ring (bicyclic) bond motifs is 2. The molecule has 2 saturated heterocycles. The molecule has 0 radical (unpaired) electrons. The van der Waals surface area contributed by atoms with Crippen molar-refractivity contribution in [1.82, 2.24) is 9.80 Å². The topological polar surface area (TPSA) is 139 Å². The van der Waals surface area contributed by atoms with Crippen molar-refractivity contribution in [3.05, 3.63) is 131 Å². The molecule has 0 aromatic heterocycles. The van der Waals surface area contributed by atoms with E-state index in [1.807, 2.05) is 149 Å². The number of halogens is 3. The lowest BCUT2D eigenvalue weighted by atomic mass is 9.78. The molecule has 0 aliphatic carbocycles. The van der Waals surface area contributed by atoms with Gasteiger partial charge in [0.15, 0.2) is 10.3 Å². The van der Waals surface area contributed by atoms with Gasteiger partial charge in [0, 0.05) is 40.0 Å². The maximum absolute atomic E-state index is 14.4. The van der Waals surface area contributed by atoms with Gasteiger partial charge in [-0.2, -0.15) is 13.2 Å². The zero-order chi connectivity index (χ0) is 55.4. The van der Waals surface area contributed by atoms with Gasteiger partial charge in [0.05, 0.1) is 58.3 Å². The van der Waals surface area contributed by atoms with Crippen LogP contribution in [0, 0.1) is 17.8 Å². The van der Waals surface area contributed by atoms with Gasteiger partial charge in [0.2, 0.25) is 0 Å². The fourth-order valence-corrected chi connectivity index (χ4v) is 12.4. The largest absolute Gasteiger partial charge is 0.497 e. The van der Waals surface area contributed by atoms with Gasteiger partial charge in [-0.05, 0) is 86.1 Å². The van der Waals surface area contributed by atoms with Crippen LogP contribution in [-0.2, 0) is 64.1 Å². The zero-order valence-electron chi connectivity index (χ0n) is 45.5. The third-order valence-electron chi connectivity index (χ3n) is 14.3. The van der Waals surface area contributed by atoms with E-state index in [0.29, 0.717) is 31.8 Å². The molecule has 19 heteroatoms. The van der Waals surface area contributed by atoms with Crippen LogP contribution in [0.2, 0.25) is 0 Å².